The zero-order valence-electron chi connectivity index (χ0n) is 8.60. The molecular weight excluding hydrogens is 208 g/mol. The van der Waals surface area contributed by atoms with Crippen LogP contribution < -0.4 is 15.8 Å². The average molecular weight is 220 g/mol. The topological polar surface area (TPSA) is 81.4 Å². The van der Waals surface area contributed by atoms with Crippen LogP contribution in [-0.2, 0) is 9.59 Å². The second-order valence-electron chi connectivity index (χ2n) is 2.94. The number of nitrogens with one attached hydrogen (secondary N) is 1. The molecule has 0 radical (unpaired) electrons. The molecule has 16 heavy (non-hydrogen) atoms. The summed E-state index contributed by atoms with van der Waals surface area (Å²) in [5.74, 6) is -1.22. The number of carbonyl (C=O) groups is 2. The van der Waals surface area contributed by atoms with Crippen LogP contribution >= 0.6 is 0 Å². The van der Waals surface area contributed by atoms with Gasteiger partial charge in [-0.05, 0) is 24.3 Å². The molecule has 0 saturated heterocycles. The fourth-order valence-corrected chi connectivity index (χ4v) is 0.982. The van der Waals surface area contributed by atoms with Crippen LogP contribution in [-0.4, -0.2) is 18.4 Å². The first-order chi connectivity index (χ1) is 7.63. The Hall–Kier alpha value is -2.30. The van der Waals surface area contributed by atoms with E-state index in [0.29, 0.717) is 18.0 Å². The highest BCUT2D eigenvalue weighted by Gasteiger charge is 2.08. The van der Waals surface area contributed by atoms with Crippen molar-refractivity contribution in [1.82, 2.24) is 0 Å². The summed E-state index contributed by atoms with van der Waals surface area (Å²) >= 11 is 0. The van der Waals surface area contributed by atoms with Crippen molar-refractivity contribution < 1.29 is 14.3 Å². The van der Waals surface area contributed by atoms with E-state index in [1.807, 2.05) is 0 Å². The Balaban J connectivity index is 2.60. The molecule has 1 rings (SSSR count). The number of benzene rings is 1. The van der Waals surface area contributed by atoms with Gasteiger partial charge < -0.3 is 15.8 Å². The van der Waals surface area contributed by atoms with E-state index in [1.54, 1.807) is 30.3 Å². The second-order valence-corrected chi connectivity index (χ2v) is 2.94. The third-order valence-corrected chi connectivity index (χ3v) is 1.70. The van der Waals surface area contributed by atoms with Crippen molar-refractivity contribution in [2.75, 3.05) is 11.9 Å². The van der Waals surface area contributed by atoms with Gasteiger partial charge in [-0.15, -0.1) is 0 Å². The van der Waals surface area contributed by atoms with E-state index in [-0.39, 0.29) is 0 Å². The summed E-state index contributed by atoms with van der Waals surface area (Å²) in [6.07, 6.45) is 1.63. The van der Waals surface area contributed by atoms with E-state index >= 15 is 0 Å². The highest BCUT2D eigenvalue weighted by Crippen LogP contribution is 2.15. The van der Waals surface area contributed by atoms with Gasteiger partial charge in [0.05, 0.1) is 0 Å². The summed E-state index contributed by atoms with van der Waals surface area (Å²) in [5, 5.41) is 2.34. The second kappa shape index (κ2) is 5.55. The first-order valence-electron chi connectivity index (χ1n) is 4.58. The summed E-state index contributed by atoms with van der Waals surface area (Å²) in [6, 6.07) is 6.55. The lowest BCUT2D eigenvalue weighted by molar-refractivity contribution is -0.134. The fourth-order valence-electron chi connectivity index (χ4n) is 0.982. The predicted octanol–water partition coefficient (Wildman–Crippen LogP) is 0.675. The van der Waals surface area contributed by atoms with Crippen molar-refractivity contribution in [2.45, 2.75) is 0 Å². The molecule has 84 valence electrons. The van der Waals surface area contributed by atoms with Gasteiger partial charge in [0.2, 0.25) is 0 Å². The summed E-state index contributed by atoms with van der Waals surface area (Å²) in [6.45, 7) is 3.93. The number of anilines is 1. The molecular formula is C11H12N2O3. The number of rotatable bonds is 4. The van der Waals surface area contributed by atoms with Crippen molar-refractivity contribution in [3.8, 4) is 5.75 Å². The number of carbonyl (C=O) groups excluding carboxylic acids is 2. The molecule has 5 heteroatoms. The predicted molar refractivity (Wildman–Crippen MR) is 60.0 cm³/mol. The first kappa shape index (κ1) is 11.8. The molecule has 5 nitrogen and oxygen atoms in total. The third kappa shape index (κ3) is 3.45. The molecule has 0 saturated carbocycles. The number of amides is 2. The standard InChI is InChI=1S/C11H12N2O3/c1-2-7-16-9-5-3-8(4-6-9)13-11(15)10(12)14/h2-6H,1,7H2,(H2,12,14)(H,13,15). The zero-order valence-corrected chi connectivity index (χ0v) is 8.60. The van der Waals surface area contributed by atoms with E-state index in [1.165, 1.54) is 0 Å². The molecule has 0 aliphatic heterocycles. The molecule has 0 bridgehead atoms. The van der Waals surface area contributed by atoms with Gasteiger partial charge >= 0.3 is 11.8 Å². The highest BCUT2D eigenvalue weighted by molar-refractivity contribution is 6.39. The minimum atomic E-state index is -1.02. The Labute approximate surface area is 92.9 Å². The number of hydrogen-bond acceptors (Lipinski definition) is 3. The molecule has 1 aromatic rings. The Morgan fingerprint density at radius 3 is 2.50 bits per heavy atom. The lowest BCUT2D eigenvalue weighted by Gasteiger charge is -2.05. The van der Waals surface area contributed by atoms with Crippen LogP contribution in [0.2, 0.25) is 0 Å². The van der Waals surface area contributed by atoms with Gasteiger partial charge in [-0.2, -0.15) is 0 Å². The summed E-state index contributed by atoms with van der Waals surface area (Å²) < 4.78 is 5.24. The van der Waals surface area contributed by atoms with Gasteiger partial charge in [-0.3, -0.25) is 9.59 Å². The molecule has 0 aromatic heterocycles. The van der Waals surface area contributed by atoms with Crippen LogP contribution in [0.5, 0.6) is 5.75 Å². The number of hydrogen-bond donors (Lipinski definition) is 2. The van der Waals surface area contributed by atoms with Crippen molar-refractivity contribution in [2.24, 2.45) is 5.73 Å². The van der Waals surface area contributed by atoms with Gasteiger partial charge in [-0.25, -0.2) is 0 Å². The molecule has 0 unspecified atom stereocenters. The number of primary amides is 1. The van der Waals surface area contributed by atoms with Gasteiger partial charge in [0.15, 0.2) is 0 Å². The quantitative estimate of drug-likeness (QED) is 0.578. The monoisotopic (exact) mass is 220 g/mol. The maximum Gasteiger partial charge on any atom is 0.313 e. The van der Waals surface area contributed by atoms with Gasteiger partial charge in [0.1, 0.15) is 12.4 Å². The SMILES string of the molecule is C=CCOc1ccc(NC(=O)C(N)=O)cc1. The van der Waals surface area contributed by atoms with E-state index in [4.69, 9.17) is 10.5 Å². The van der Waals surface area contributed by atoms with Crippen molar-refractivity contribution in [3.63, 3.8) is 0 Å². The van der Waals surface area contributed by atoms with Gasteiger partial charge in [0.25, 0.3) is 0 Å². The molecule has 0 aliphatic carbocycles. The van der Waals surface area contributed by atoms with Crippen LogP contribution in [0, 0.1) is 0 Å². The average Bonchev–Trinajstić information content (AvgIpc) is 2.28. The molecule has 0 aliphatic rings. The van der Waals surface area contributed by atoms with E-state index in [0.717, 1.165) is 0 Å². The van der Waals surface area contributed by atoms with Crippen LogP contribution in [0.1, 0.15) is 0 Å². The van der Waals surface area contributed by atoms with Crippen LogP contribution in [0.3, 0.4) is 0 Å². The maximum absolute atomic E-state index is 10.9. The van der Waals surface area contributed by atoms with Crippen molar-refractivity contribution >= 4 is 17.5 Å². The Morgan fingerprint density at radius 2 is 2.00 bits per heavy atom. The van der Waals surface area contributed by atoms with Crippen LogP contribution in [0.25, 0.3) is 0 Å². The normalized spacial score (nSPS) is 9.25. The Morgan fingerprint density at radius 1 is 1.38 bits per heavy atom. The zero-order chi connectivity index (χ0) is 12.0. The molecule has 0 spiro atoms. The largest absolute Gasteiger partial charge is 0.490 e. The Bertz CT molecular complexity index is 398. The highest BCUT2D eigenvalue weighted by atomic mass is 16.5. The maximum atomic E-state index is 10.9. The van der Waals surface area contributed by atoms with E-state index in [9.17, 15) is 9.59 Å². The first-order valence-corrected chi connectivity index (χ1v) is 4.58. The summed E-state index contributed by atoms with van der Waals surface area (Å²) in [4.78, 5) is 21.4. The van der Waals surface area contributed by atoms with Gasteiger partial charge in [-0.1, -0.05) is 12.7 Å². The van der Waals surface area contributed by atoms with E-state index in [2.05, 4.69) is 11.9 Å². The van der Waals surface area contributed by atoms with Crippen LogP contribution in [0.15, 0.2) is 36.9 Å². The molecule has 2 amide bonds. The molecule has 0 fully saturated rings. The summed E-state index contributed by atoms with van der Waals surface area (Å²) in [7, 11) is 0. The fraction of sp³-hybridized carbons (Fsp3) is 0.0909. The van der Waals surface area contributed by atoms with Crippen LogP contribution in [0.4, 0.5) is 5.69 Å². The lowest BCUT2D eigenvalue weighted by Crippen LogP contribution is -2.29. The van der Waals surface area contributed by atoms with Crippen molar-refractivity contribution in [1.29, 1.82) is 0 Å². The smallest absolute Gasteiger partial charge is 0.313 e. The molecule has 0 heterocycles. The number of nitrogens with two attached hydrogens (primary N) is 1. The molecule has 0 atom stereocenters. The molecule has 3 N–H and O–H groups in total. The lowest BCUT2D eigenvalue weighted by atomic mass is 10.3. The minimum Gasteiger partial charge on any atom is -0.490 e. The summed E-state index contributed by atoms with van der Waals surface area (Å²) in [5.41, 5.74) is 5.27. The third-order valence-electron chi connectivity index (χ3n) is 1.70. The Kier molecular flexibility index (Phi) is 4.08. The number of ether oxygens (including phenoxy) is 1. The van der Waals surface area contributed by atoms with E-state index < -0.39 is 11.8 Å². The minimum absolute atomic E-state index is 0.410. The molecule has 1 aromatic carbocycles. The van der Waals surface area contributed by atoms with Crippen molar-refractivity contribution in [3.05, 3.63) is 36.9 Å². The van der Waals surface area contributed by atoms with Gasteiger partial charge in [0, 0.05) is 5.69 Å².